The molecule has 1 heterocycles. The molecule has 0 saturated heterocycles. The van der Waals surface area contributed by atoms with Gasteiger partial charge in [0.1, 0.15) is 6.10 Å². The summed E-state index contributed by atoms with van der Waals surface area (Å²) in [6.45, 7) is 0.691. The lowest BCUT2D eigenvalue weighted by atomic mass is 9.96. The third-order valence-electron chi connectivity index (χ3n) is 5.15. The van der Waals surface area contributed by atoms with Gasteiger partial charge in [-0.3, -0.25) is 4.79 Å². The van der Waals surface area contributed by atoms with Crippen LogP contribution in [0.3, 0.4) is 0 Å². The summed E-state index contributed by atoms with van der Waals surface area (Å²) in [6, 6.07) is 4.48. The summed E-state index contributed by atoms with van der Waals surface area (Å²) in [7, 11) is 0. The Labute approximate surface area is 179 Å². The third kappa shape index (κ3) is 6.27. The van der Waals surface area contributed by atoms with E-state index >= 15 is 0 Å². The highest BCUT2D eigenvalue weighted by molar-refractivity contribution is 5.71. The van der Waals surface area contributed by atoms with Crippen LogP contribution in [0.25, 0.3) is 0 Å². The van der Waals surface area contributed by atoms with Gasteiger partial charge in [0, 0.05) is 17.5 Å². The number of ether oxygens (including phenoxy) is 3. The molecule has 0 bridgehead atoms. The molecule has 1 aromatic carbocycles. The van der Waals surface area contributed by atoms with Crippen molar-refractivity contribution in [1.82, 2.24) is 0 Å². The predicted molar refractivity (Wildman–Crippen MR) is 108 cm³/mol. The maximum absolute atomic E-state index is 12.8. The number of rotatable bonds is 10. The number of aryl methyl sites for hydroxylation is 2. The number of esters is 1. The fourth-order valence-electron chi connectivity index (χ4n) is 3.35. The quantitative estimate of drug-likeness (QED) is 0.349. The van der Waals surface area contributed by atoms with Crippen LogP contribution in [-0.2, 0) is 16.0 Å². The topological polar surface area (TPSA) is 97.7 Å². The van der Waals surface area contributed by atoms with Gasteiger partial charge >= 0.3 is 12.6 Å². The highest BCUT2D eigenvalue weighted by Crippen LogP contribution is 2.37. The van der Waals surface area contributed by atoms with Crippen LogP contribution in [0.5, 0.6) is 11.5 Å². The fraction of sp³-hybridized carbons (Fsp3) is 0.455. The highest BCUT2D eigenvalue weighted by Gasteiger charge is 2.25. The average molecular weight is 436 g/mol. The molecule has 7 nitrogen and oxygen atoms in total. The van der Waals surface area contributed by atoms with Gasteiger partial charge in [0.2, 0.25) is 0 Å². The van der Waals surface area contributed by atoms with E-state index in [1.165, 1.54) is 18.5 Å². The van der Waals surface area contributed by atoms with Gasteiger partial charge in [-0.1, -0.05) is 6.07 Å². The lowest BCUT2D eigenvalue weighted by Gasteiger charge is -2.21. The fourth-order valence-corrected chi connectivity index (χ4v) is 3.35. The number of carbonyl (C=O) groups is 1. The SMILES string of the molecule is Cc1c[n+]([O-])cc(C)c1C[C@H](OC(=O)CN)c1ccc(OC(F)F)c(OCC2CC2)c1. The maximum atomic E-state index is 12.8. The van der Waals surface area contributed by atoms with E-state index in [9.17, 15) is 18.8 Å². The van der Waals surface area contributed by atoms with Crippen molar-refractivity contribution in [2.45, 2.75) is 45.8 Å². The Morgan fingerprint density at radius 3 is 2.48 bits per heavy atom. The molecule has 9 heteroatoms. The number of benzene rings is 1. The second-order valence-electron chi connectivity index (χ2n) is 7.69. The number of hydrogen-bond donors (Lipinski definition) is 1. The lowest BCUT2D eigenvalue weighted by molar-refractivity contribution is -0.606. The zero-order valence-electron chi connectivity index (χ0n) is 17.5. The summed E-state index contributed by atoms with van der Waals surface area (Å²) in [4.78, 5) is 12.0. The minimum Gasteiger partial charge on any atom is -0.619 e. The number of hydrogen-bond acceptors (Lipinski definition) is 6. The van der Waals surface area contributed by atoms with Crippen molar-refractivity contribution >= 4 is 5.97 Å². The van der Waals surface area contributed by atoms with E-state index in [0.717, 1.165) is 34.3 Å². The first-order valence-electron chi connectivity index (χ1n) is 10.1. The molecule has 2 aromatic rings. The monoisotopic (exact) mass is 436 g/mol. The average Bonchev–Trinajstić information content (AvgIpc) is 3.53. The van der Waals surface area contributed by atoms with E-state index in [-0.39, 0.29) is 24.5 Å². The molecule has 0 radical (unpaired) electrons. The first-order valence-corrected chi connectivity index (χ1v) is 10.1. The number of alkyl halides is 2. The van der Waals surface area contributed by atoms with E-state index in [1.54, 1.807) is 26.0 Å². The van der Waals surface area contributed by atoms with Crippen LogP contribution in [0.1, 0.15) is 41.2 Å². The number of halogens is 2. The summed E-state index contributed by atoms with van der Waals surface area (Å²) in [5.41, 5.74) is 8.30. The Bertz CT molecular complexity index is 911. The Hall–Kier alpha value is -2.94. The van der Waals surface area contributed by atoms with Gasteiger partial charge in [-0.05, 0) is 55.9 Å². The molecule has 1 aliphatic carbocycles. The molecule has 0 aliphatic heterocycles. The summed E-state index contributed by atoms with van der Waals surface area (Å²) < 4.78 is 42.2. The molecule has 168 valence electrons. The largest absolute Gasteiger partial charge is 0.619 e. The standard InChI is InChI=1S/C22H26F2N2O5/c1-13-10-26(28)11-14(2)17(13)8-19(30-21(27)9-25)16-5-6-18(31-22(23)24)20(7-16)29-12-15-3-4-15/h5-7,10-11,15,19,22H,3-4,8-9,12,25H2,1-2H3/t19-/m0/s1. The van der Waals surface area contributed by atoms with E-state index < -0.39 is 18.7 Å². The van der Waals surface area contributed by atoms with E-state index in [0.29, 0.717) is 18.1 Å². The highest BCUT2D eigenvalue weighted by atomic mass is 19.3. The molecule has 1 atom stereocenters. The van der Waals surface area contributed by atoms with Crippen molar-refractivity contribution in [1.29, 1.82) is 0 Å². The molecule has 1 aliphatic rings. The van der Waals surface area contributed by atoms with Crippen molar-refractivity contribution in [3.63, 3.8) is 0 Å². The van der Waals surface area contributed by atoms with E-state index in [1.807, 2.05) is 0 Å². The van der Waals surface area contributed by atoms with Crippen LogP contribution in [0, 0.1) is 25.0 Å². The van der Waals surface area contributed by atoms with Crippen LogP contribution < -0.4 is 19.9 Å². The van der Waals surface area contributed by atoms with Crippen molar-refractivity contribution < 1.29 is 32.5 Å². The van der Waals surface area contributed by atoms with Gasteiger partial charge in [0.15, 0.2) is 23.9 Å². The number of nitrogens with two attached hydrogens (primary N) is 1. The van der Waals surface area contributed by atoms with Crippen molar-refractivity contribution in [3.05, 3.63) is 58.1 Å². The number of pyridine rings is 1. The molecule has 2 N–H and O–H groups in total. The lowest BCUT2D eigenvalue weighted by Crippen LogP contribution is -2.27. The third-order valence-corrected chi connectivity index (χ3v) is 5.15. The summed E-state index contributed by atoms with van der Waals surface area (Å²) in [6.07, 6.45) is 4.48. The predicted octanol–water partition coefficient (Wildman–Crippen LogP) is 3.11. The maximum Gasteiger partial charge on any atom is 0.387 e. The van der Waals surface area contributed by atoms with Crippen molar-refractivity contribution in [2.75, 3.05) is 13.2 Å². The molecule has 0 unspecified atom stereocenters. The molecule has 1 saturated carbocycles. The minimum atomic E-state index is -2.99. The van der Waals surface area contributed by atoms with Gasteiger partial charge in [-0.15, -0.1) is 0 Å². The zero-order chi connectivity index (χ0) is 22.5. The second-order valence-corrected chi connectivity index (χ2v) is 7.69. The number of carbonyl (C=O) groups excluding carboxylic acids is 1. The Morgan fingerprint density at radius 1 is 1.23 bits per heavy atom. The van der Waals surface area contributed by atoms with Crippen LogP contribution >= 0.6 is 0 Å². The van der Waals surface area contributed by atoms with Crippen LogP contribution in [-0.4, -0.2) is 25.7 Å². The Morgan fingerprint density at radius 2 is 1.90 bits per heavy atom. The van der Waals surface area contributed by atoms with Crippen molar-refractivity contribution in [2.24, 2.45) is 11.7 Å². The van der Waals surface area contributed by atoms with Gasteiger partial charge in [0.25, 0.3) is 0 Å². The molecule has 0 amide bonds. The summed E-state index contributed by atoms with van der Waals surface area (Å²) in [5.74, 6) is -0.119. The van der Waals surface area contributed by atoms with Crippen LogP contribution in [0.15, 0.2) is 30.6 Å². The van der Waals surface area contributed by atoms with Crippen LogP contribution in [0.2, 0.25) is 0 Å². The van der Waals surface area contributed by atoms with E-state index in [4.69, 9.17) is 15.2 Å². The molecule has 3 rings (SSSR count). The van der Waals surface area contributed by atoms with Crippen LogP contribution in [0.4, 0.5) is 8.78 Å². The second kappa shape index (κ2) is 9.91. The zero-order valence-corrected chi connectivity index (χ0v) is 17.5. The summed E-state index contributed by atoms with van der Waals surface area (Å²) >= 11 is 0. The molecular formula is C22H26F2N2O5. The Kier molecular flexibility index (Phi) is 7.27. The minimum absolute atomic E-state index is 0.0808. The van der Waals surface area contributed by atoms with Gasteiger partial charge in [0.05, 0.1) is 13.2 Å². The van der Waals surface area contributed by atoms with Gasteiger partial charge in [-0.25, -0.2) is 0 Å². The summed E-state index contributed by atoms with van der Waals surface area (Å²) in [5, 5.41) is 11.7. The molecule has 31 heavy (non-hydrogen) atoms. The molecule has 1 aromatic heterocycles. The molecular weight excluding hydrogens is 410 g/mol. The van der Waals surface area contributed by atoms with Gasteiger partial charge < -0.3 is 25.2 Å². The molecule has 1 fully saturated rings. The van der Waals surface area contributed by atoms with Crippen molar-refractivity contribution in [3.8, 4) is 11.5 Å². The first-order chi connectivity index (χ1) is 14.8. The molecule has 0 spiro atoms. The number of aromatic nitrogens is 1. The normalized spacial score (nSPS) is 14.4. The number of nitrogens with zero attached hydrogens (tertiary/aromatic N) is 1. The smallest absolute Gasteiger partial charge is 0.387 e. The Balaban J connectivity index is 1.93. The van der Waals surface area contributed by atoms with Gasteiger partial charge in [-0.2, -0.15) is 13.5 Å². The first kappa shape index (κ1) is 22.7. The van der Waals surface area contributed by atoms with E-state index in [2.05, 4.69) is 4.74 Å².